The zero-order valence-electron chi connectivity index (χ0n) is 20.6. The maximum atomic E-state index is 12.9. The van der Waals surface area contributed by atoms with Crippen molar-refractivity contribution >= 4 is 34.5 Å². The molecule has 186 valence electrons. The summed E-state index contributed by atoms with van der Waals surface area (Å²) in [6, 6.07) is 17.4. The number of carbonyl (C=O) groups is 1. The number of ether oxygens (including phenoxy) is 1. The van der Waals surface area contributed by atoms with E-state index in [1.165, 1.54) is 6.33 Å². The largest absolute Gasteiger partial charge is 0.457 e. The van der Waals surface area contributed by atoms with Gasteiger partial charge in [0.15, 0.2) is 11.5 Å². The highest BCUT2D eigenvalue weighted by molar-refractivity contribution is 5.87. The van der Waals surface area contributed by atoms with Gasteiger partial charge >= 0.3 is 0 Å². The van der Waals surface area contributed by atoms with Gasteiger partial charge in [0.2, 0.25) is 11.9 Å². The van der Waals surface area contributed by atoms with E-state index in [9.17, 15) is 4.79 Å². The van der Waals surface area contributed by atoms with E-state index in [1.807, 2.05) is 73.3 Å². The number of aromatic amines is 1. The first-order valence-electron chi connectivity index (χ1n) is 12.5. The highest BCUT2D eigenvalue weighted by atomic mass is 16.5. The minimum absolute atomic E-state index is 0.0211. The van der Waals surface area contributed by atoms with Crippen molar-refractivity contribution in [2.45, 2.75) is 26.7 Å². The number of carbonyl (C=O) groups excluding carboxylic acids is 1. The summed E-state index contributed by atoms with van der Waals surface area (Å²) in [4.78, 5) is 33.9. The Labute approximate surface area is 210 Å². The lowest BCUT2D eigenvalue weighted by Gasteiger charge is -2.34. The molecule has 2 N–H and O–H groups in total. The standard InChI is InChI=1S/C27H31N7O2/c1-3-33(4-2)26(35)19-9-8-16-34(17-19)27-31-23-24(28-18-29-25(23)32-27)30-20-12-14-22(15-13-20)36-21-10-6-5-7-11-21/h5-7,10-15,18-19H,3-4,8-9,16-17H2,1-2H3,(H2,28,29,30,31,32). The molecule has 0 aliphatic carbocycles. The number of fused-ring (bicyclic) bond motifs is 1. The average molecular weight is 486 g/mol. The lowest BCUT2D eigenvalue weighted by molar-refractivity contribution is -0.135. The molecule has 1 amide bonds. The van der Waals surface area contributed by atoms with Crippen molar-refractivity contribution in [2.75, 3.05) is 36.4 Å². The predicted molar refractivity (Wildman–Crippen MR) is 141 cm³/mol. The van der Waals surface area contributed by atoms with Crippen LogP contribution in [0.5, 0.6) is 11.5 Å². The zero-order valence-corrected chi connectivity index (χ0v) is 20.6. The normalized spacial score (nSPS) is 15.6. The molecule has 1 saturated heterocycles. The van der Waals surface area contributed by atoms with Gasteiger partial charge in [-0.25, -0.2) is 9.97 Å². The summed E-state index contributed by atoms with van der Waals surface area (Å²) in [7, 11) is 0. The molecule has 36 heavy (non-hydrogen) atoms. The molecule has 3 heterocycles. The molecule has 1 fully saturated rings. The summed E-state index contributed by atoms with van der Waals surface area (Å²) < 4.78 is 5.88. The number of nitrogens with one attached hydrogen (secondary N) is 2. The van der Waals surface area contributed by atoms with E-state index in [-0.39, 0.29) is 11.8 Å². The molecule has 0 saturated carbocycles. The molecule has 2 aromatic heterocycles. The average Bonchev–Trinajstić information content (AvgIpc) is 3.37. The highest BCUT2D eigenvalue weighted by Gasteiger charge is 2.29. The second kappa shape index (κ2) is 10.6. The van der Waals surface area contributed by atoms with Gasteiger partial charge in [-0.2, -0.15) is 4.98 Å². The number of rotatable bonds is 8. The summed E-state index contributed by atoms with van der Waals surface area (Å²) in [6.45, 7) is 7.02. The van der Waals surface area contributed by atoms with Crippen LogP contribution >= 0.6 is 0 Å². The fraction of sp³-hybridized carbons (Fsp3) is 0.333. The Morgan fingerprint density at radius 3 is 2.58 bits per heavy atom. The smallest absolute Gasteiger partial charge is 0.227 e. The van der Waals surface area contributed by atoms with Gasteiger partial charge in [-0.3, -0.25) is 4.79 Å². The van der Waals surface area contributed by atoms with Crippen LogP contribution in [0.2, 0.25) is 0 Å². The minimum atomic E-state index is -0.0211. The Morgan fingerprint density at radius 2 is 1.83 bits per heavy atom. The monoisotopic (exact) mass is 485 g/mol. The SMILES string of the molecule is CCN(CC)C(=O)C1CCCN(c2nc3ncnc(Nc4ccc(Oc5ccccc5)cc4)c3[nH]2)C1. The minimum Gasteiger partial charge on any atom is -0.457 e. The van der Waals surface area contributed by atoms with Crippen molar-refractivity contribution in [2.24, 2.45) is 5.92 Å². The lowest BCUT2D eigenvalue weighted by Crippen LogP contribution is -2.45. The van der Waals surface area contributed by atoms with Gasteiger partial charge in [0.25, 0.3) is 0 Å². The van der Waals surface area contributed by atoms with Crippen molar-refractivity contribution in [1.82, 2.24) is 24.8 Å². The summed E-state index contributed by atoms with van der Waals surface area (Å²) >= 11 is 0. The topological polar surface area (TPSA) is 99.3 Å². The van der Waals surface area contributed by atoms with Crippen LogP contribution in [-0.4, -0.2) is 56.9 Å². The number of aromatic nitrogens is 4. The molecule has 1 atom stereocenters. The van der Waals surface area contributed by atoms with Gasteiger partial charge in [-0.15, -0.1) is 0 Å². The van der Waals surface area contributed by atoms with Crippen molar-refractivity contribution < 1.29 is 9.53 Å². The maximum Gasteiger partial charge on any atom is 0.227 e. The third kappa shape index (κ3) is 5.10. The fourth-order valence-electron chi connectivity index (χ4n) is 4.59. The Kier molecular flexibility index (Phi) is 6.97. The van der Waals surface area contributed by atoms with Gasteiger partial charge in [-0.1, -0.05) is 18.2 Å². The second-order valence-electron chi connectivity index (χ2n) is 8.84. The number of nitrogens with zero attached hydrogens (tertiary/aromatic N) is 5. The Balaban J connectivity index is 1.31. The summed E-state index contributed by atoms with van der Waals surface area (Å²) in [5.74, 6) is 3.11. The van der Waals surface area contributed by atoms with Gasteiger partial charge < -0.3 is 24.8 Å². The number of piperidine rings is 1. The first-order chi connectivity index (χ1) is 17.6. The van der Waals surface area contributed by atoms with Crippen molar-refractivity contribution in [3.63, 3.8) is 0 Å². The van der Waals surface area contributed by atoms with Gasteiger partial charge in [0.05, 0.1) is 5.92 Å². The van der Waals surface area contributed by atoms with Gasteiger partial charge in [-0.05, 0) is 63.1 Å². The molecule has 2 aromatic carbocycles. The summed E-state index contributed by atoms with van der Waals surface area (Å²) in [5.41, 5.74) is 2.19. The molecule has 5 rings (SSSR count). The molecule has 1 aliphatic heterocycles. The van der Waals surface area contributed by atoms with E-state index in [1.54, 1.807) is 0 Å². The number of H-pyrrole nitrogens is 1. The van der Waals surface area contributed by atoms with Crippen LogP contribution in [0.1, 0.15) is 26.7 Å². The molecule has 0 radical (unpaired) electrons. The van der Waals surface area contributed by atoms with Crippen LogP contribution in [0.4, 0.5) is 17.5 Å². The Hall–Kier alpha value is -4.14. The number of para-hydroxylation sites is 1. The van der Waals surface area contributed by atoms with E-state index in [4.69, 9.17) is 9.72 Å². The Morgan fingerprint density at radius 1 is 1.08 bits per heavy atom. The zero-order chi connectivity index (χ0) is 24.9. The Bertz CT molecular complexity index is 1300. The molecule has 4 aromatic rings. The van der Waals surface area contributed by atoms with Gasteiger partial charge in [0.1, 0.15) is 23.3 Å². The number of imidazole rings is 1. The maximum absolute atomic E-state index is 12.9. The van der Waals surface area contributed by atoms with Crippen LogP contribution in [0.25, 0.3) is 11.2 Å². The van der Waals surface area contributed by atoms with Crippen LogP contribution in [-0.2, 0) is 4.79 Å². The molecule has 1 unspecified atom stereocenters. The molecular weight excluding hydrogens is 454 g/mol. The number of amides is 1. The van der Waals surface area contributed by atoms with Gasteiger partial charge in [0, 0.05) is 31.9 Å². The quantitative estimate of drug-likeness (QED) is 0.363. The first kappa shape index (κ1) is 23.6. The lowest BCUT2D eigenvalue weighted by atomic mass is 9.96. The van der Waals surface area contributed by atoms with E-state index >= 15 is 0 Å². The first-order valence-corrected chi connectivity index (χ1v) is 12.5. The molecule has 9 heteroatoms. The predicted octanol–water partition coefficient (Wildman–Crippen LogP) is 4.97. The van der Waals surface area contributed by atoms with Crippen LogP contribution in [0, 0.1) is 5.92 Å². The highest BCUT2D eigenvalue weighted by Crippen LogP contribution is 2.28. The van der Waals surface area contributed by atoms with Crippen LogP contribution in [0.3, 0.4) is 0 Å². The fourth-order valence-corrected chi connectivity index (χ4v) is 4.59. The number of hydrogen-bond acceptors (Lipinski definition) is 7. The molecule has 9 nitrogen and oxygen atoms in total. The summed E-state index contributed by atoms with van der Waals surface area (Å²) in [6.07, 6.45) is 3.36. The third-order valence-corrected chi connectivity index (χ3v) is 6.52. The van der Waals surface area contributed by atoms with E-state index in [2.05, 4.69) is 25.2 Å². The molecule has 0 spiro atoms. The van der Waals surface area contributed by atoms with Crippen molar-refractivity contribution in [1.29, 1.82) is 0 Å². The molecule has 1 aliphatic rings. The number of hydrogen-bond donors (Lipinski definition) is 2. The van der Waals surface area contributed by atoms with E-state index in [0.29, 0.717) is 18.0 Å². The van der Waals surface area contributed by atoms with Crippen LogP contribution < -0.4 is 15.0 Å². The molecule has 0 bridgehead atoms. The number of benzene rings is 2. The van der Waals surface area contributed by atoms with Crippen molar-refractivity contribution in [3.8, 4) is 11.5 Å². The summed E-state index contributed by atoms with van der Waals surface area (Å²) in [5, 5.41) is 3.35. The van der Waals surface area contributed by atoms with E-state index < -0.39 is 0 Å². The third-order valence-electron chi connectivity index (χ3n) is 6.52. The van der Waals surface area contributed by atoms with E-state index in [0.717, 1.165) is 61.1 Å². The number of anilines is 3. The van der Waals surface area contributed by atoms with Crippen LogP contribution in [0.15, 0.2) is 60.9 Å². The van der Waals surface area contributed by atoms with Crippen molar-refractivity contribution in [3.05, 3.63) is 60.9 Å². The second-order valence-corrected chi connectivity index (χ2v) is 8.84. The molecular formula is C27H31N7O2.